The van der Waals surface area contributed by atoms with Crippen molar-refractivity contribution < 1.29 is 14.6 Å². The monoisotopic (exact) mass is 279 g/mol. The molecule has 0 amide bonds. The van der Waals surface area contributed by atoms with Crippen LogP contribution in [0, 0.1) is 12.8 Å². The van der Waals surface area contributed by atoms with Crippen LogP contribution >= 0.6 is 0 Å². The molecule has 1 atom stereocenters. The highest BCUT2D eigenvalue weighted by molar-refractivity contribution is 5.77. The summed E-state index contributed by atoms with van der Waals surface area (Å²) in [5, 5.41) is 12.4. The SMILES string of the molecule is COc1cc(C)nc(NC(C(=O)O)C2CCCCC2)n1. The molecule has 0 aliphatic heterocycles. The quantitative estimate of drug-likeness (QED) is 0.860. The summed E-state index contributed by atoms with van der Waals surface area (Å²) in [7, 11) is 1.53. The van der Waals surface area contributed by atoms with E-state index in [9.17, 15) is 9.90 Å². The summed E-state index contributed by atoms with van der Waals surface area (Å²) in [6.07, 6.45) is 5.25. The van der Waals surface area contributed by atoms with Gasteiger partial charge in [-0.3, -0.25) is 0 Å². The minimum Gasteiger partial charge on any atom is -0.481 e. The van der Waals surface area contributed by atoms with Crippen LogP contribution in [0.25, 0.3) is 0 Å². The molecule has 1 aromatic heterocycles. The van der Waals surface area contributed by atoms with Gasteiger partial charge >= 0.3 is 5.97 Å². The largest absolute Gasteiger partial charge is 0.481 e. The number of aromatic nitrogens is 2. The highest BCUT2D eigenvalue weighted by Crippen LogP contribution is 2.28. The highest BCUT2D eigenvalue weighted by Gasteiger charge is 2.30. The van der Waals surface area contributed by atoms with Gasteiger partial charge in [-0.1, -0.05) is 19.3 Å². The molecule has 1 heterocycles. The summed E-state index contributed by atoms with van der Waals surface area (Å²) in [6, 6.07) is 1.07. The second kappa shape index (κ2) is 6.54. The molecule has 6 nitrogen and oxygen atoms in total. The van der Waals surface area contributed by atoms with E-state index in [1.807, 2.05) is 6.92 Å². The Morgan fingerprint density at radius 2 is 2.10 bits per heavy atom. The Kier molecular flexibility index (Phi) is 4.76. The topological polar surface area (TPSA) is 84.3 Å². The van der Waals surface area contributed by atoms with Crippen LogP contribution in [-0.2, 0) is 4.79 Å². The van der Waals surface area contributed by atoms with Crippen molar-refractivity contribution >= 4 is 11.9 Å². The first-order valence-electron chi connectivity index (χ1n) is 6.99. The fourth-order valence-electron chi connectivity index (χ4n) is 2.70. The molecule has 1 aromatic rings. The molecular formula is C14H21N3O3. The lowest BCUT2D eigenvalue weighted by molar-refractivity contribution is -0.139. The van der Waals surface area contributed by atoms with E-state index in [1.54, 1.807) is 6.07 Å². The van der Waals surface area contributed by atoms with Gasteiger partial charge in [0.1, 0.15) is 6.04 Å². The van der Waals surface area contributed by atoms with E-state index >= 15 is 0 Å². The van der Waals surface area contributed by atoms with Gasteiger partial charge in [-0.2, -0.15) is 4.98 Å². The van der Waals surface area contributed by atoms with Gasteiger partial charge in [-0.25, -0.2) is 9.78 Å². The fraction of sp³-hybridized carbons (Fsp3) is 0.643. The molecule has 1 aliphatic rings. The Labute approximate surface area is 118 Å². The van der Waals surface area contributed by atoms with Crippen LogP contribution in [0.2, 0.25) is 0 Å². The number of hydrogen-bond donors (Lipinski definition) is 2. The zero-order chi connectivity index (χ0) is 14.5. The van der Waals surface area contributed by atoms with E-state index in [4.69, 9.17) is 4.74 Å². The van der Waals surface area contributed by atoms with E-state index in [0.29, 0.717) is 11.8 Å². The number of hydrogen-bond acceptors (Lipinski definition) is 5. The van der Waals surface area contributed by atoms with Crippen LogP contribution < -0.4 is 10.1 Å². The number of nitrogens with zero attached hydrogens (tertiary/aromatic N) is 2. The highest BCUT2D eigenvalue weighted by atomic mass is 16.5. The molecule has 6 heteroatoms. The number of rotatable bonds is 5. The lowest BCUT2D eigenvalue weighted by Crippen LogP contribution is -2.38. The van der Waals surface area contributed by atoms with E-state index in [2.05, 4.69) is 15.3 Å². The second-order valence-corrected chi connectivity index (χ2v) is 5.23. The Balaban J connectivity index is 2.15. The maximum absolute atomic E-state index is 11.5. The predicted molar refractivity (Wildman–Crippen MR) is 74.9 cm³/mol. The molecule has 0 aromatic carbocycles. The number of carboxylic acid groups (broad SMARTS) is 1. The first kappa shape index (κ1) is 14.6. The third-order valence-electron chi connectivity index (χ3n) is 3.71. The van der Waals surface area contributed by atoms with Crippen molar-refractivity contribution in [2.24, 2.45) is 5.92 Å². The summed E-state index contributed by atoms with van der Waals surface area (Å²) < 4.78 is 5.08. The van der Waals surface area contributed by atoms with Crippen LogP contribution in [0.3, 0.4) is 0 Å². The number of nitrogens with one attached hydrogen (secondary N) is 1. The van der Waals surface area contributed by atoms with E-state index in [1.165, 1.54) is 13.5 Å². The van der Waals surface area contributed by atoms with Gasteiger partial charge in [0.25, 0.3) is 0 Å². The number of ether oxygens (including phenoxy) is 1. The number of carboxylic acids is 1. The summed E-state index contributed by atoms with van der Waals surface area (Å²) in [4.78, 5) is 19.9. The standard InChI is InChI=1S/C14H21N3O3/c1-9-8-11(20-2)16-14(15-9)17-12(13(18)19)10-6-4-3-5-7-10/h8,10,12H,3-7H2,1-2H3,(H,18,19)(H,15,16,17). The van der Waals surface area contributed by atoms with Crippen molar-refractivity contribution in [3.63, 3.8) is 0 Å². The Morgan fingerprint density at radius 3 is 2.70 bits per heavy atom. The van der Waals surface area contributed by atoms with Gasteiger partial charge < -0.3 is 15.2 Å². The summed E-state index contributed by atoms with van der Waals surface area (Å²) in [5.41, 5.74) is 0.743. The van der Waals surface area contributed by atoms with Crippen molar-refractivity contribution in [2.45, 2.75) is 45.1 Å². The van der Waals surface area contributed by atoms with E-state index in [0.717, 1.165) is 31.4 Å². The number of aliphatic carboxylic acids is 1. The minimum absolute atomic E-state index is 0.136. The third kappa shape index (κ3) is 3.59. The first-order valence-corrected chi connectivity index (χ1v) is 6.99. The van der Waals surface area contributed by atoms with Crippen molar-refractivity contribution in [3.05, 3.63) is 11.8 Å². The average Bonchev–Trinajstić information content (AvgIpc) is 2.44. The van der Waals surface area contributed by atoms with Crippen molar-refractivity contribution in [2.75, 3.05) is 12.4 Å². The normalized spacial score (nSPS) is 17.5. The molecular weight excluding hydrogens is 258 g/mol. The van der Waals surface area contributed by atoms with Crippen molar-refractivity contribution in [1.82, 2.24) is 9.97 Å². The molecule has 2 rings (SSSR count). The van der Waals surface area contributed by atoms with Crippen molar-refractivity contribution in [1.29, 1.82) is 0 Å². The van der Waals surface area contributed by atoms with Crippen LogP contribution in [0.5, 0.6) is 5.88 Å². The third-order valence-corrected chi connectivity index (χ3v) is 3.71. The first-order chi connectivity index (χ1) is 9.60. The molecule has 0 saturated heterocycles. The maximum Gasteiger partial charge on any atom is 0.326 e. The van der Waals surface area contributed by atoms with Crippen LogP contribution in [0.15, 0.2) is 6.07 Å². The van der Waals surface area contributed by atoms with Crippen LogP contribution in [0.4, 0.5) is 5.95 Å². The molecule has 1 aliphatic carbocycles. The average molecular weight is 279 g/mol. The lowest BCUT2D eigenvalue weighted by Gasteiger charge is -2.28. The predicted octanol–water partition coefficient (Wildman–Crippen LogP) is 2.24. The number of anilines is 1. The summed E-state index contributed by atoms with van der Waals surface area (Å²) in [6.45, 7) is 1.83. The Hall–Kier alpha value is -1.85. The van der Waals surface area contributed by atoms with Gasteiger partial charge in [-0.05, 0) is 25.7 Å². The summed E-state index contributed by atoms with van der Waals surface area (Å²) >= 11 is 0. The Bertz CT molecular complexity index is 473. The fourth-order valence-corrected chi connectivity index (χ4v) is 2.70. The van der Waals surface area contributed by atoms with E-state index in [-0.39, 0.29) is 5.92 Å². The zero-order valence-electron chi connectivity index (χ0n) is 11.9. The summed E-state index contributed by atoms with van der Waals surface area (Å²) in [5.74, 6) is 0.0462. The number of aryl methyl sites for hydroxylation is 1. The zero-order valence-corrected chi connectivity index (χ0v) is 11.9. The molecule has 1 unspecified atom stereocenters. The van der Waals surface area contributed by atoms with Crippen molar-refractivity contribution in [3.8, 4) is 5.88 Å². The minimum atomic E-state index is -0.846. The van der Waals surface area contributed by atoms with Crippen LogP contribution in [-0.4, -0.2) is 34.2 Å². The van der Waals surface area contributed by atoms with E-state index < -0.39 is 12.0 Å². The van der Waals surface area contributed by atoms with Gasteiger partial charge in [0, 0.05) is 11.8 Å². The number of carbonyl (C=O) groups is 1. The molecule has 0 bridgehead atoms. The number of methoxy groups -OCH3 is 1. The van der Waals surface area contributed by atoms with Crippen LogP contribution in [0.1, 0.15) is 37.8 Å². The van der Waals surface area contributed by atoms with Gasteiger partial charge in [-0.15, -0.1) is 0 Å². The molecule has 0 spiro atoms. The molecule has 1 fully saturated rings. The molecule has 0 radical (unpaired) electrons. The van der Waals surface area contributed by atoms with Gasteiger partial charge in [0.15, 0.2) is 0 Å². The van der Waals surface area contributed by atoms with Gasteiger partial charge in [0.05, 0.1) is 7.11 Å². The smallest absolute Gasteiger partial charge is 0.326 e. The maximum atomic E-state index is 11.5. The lowest BCUT2D eigenvalue weighted by atomic mass is 9.84. The molecule has 1 saturated carbocycles. The Morgan fingerprint density at radius 1 is 1.40 bits per heavy atom. The molecule has 2 N–H and O–H groups in total. The molecule has 20 heavy (non-hydrogen) atoms. The molecule has 110 valence electrons. The van der Waals surface area contributed by atoms with Gasteiger partial charge in [0.2, 0.25) is 11.8 Å². The second-order valence-electron chi connectivity index (χ2n) is 5.23.